The summed E-state index contributed by atoms with van der Waals surface area (Å²) in [6, 6.07) is 4.40. The minimum atomic E-state index is -0.0457. The van der Waals surface area contributed by atoms with Gasteiger partial charge in [0.1, 0.15) is 10.8 Å². The molecule has 2 heterocycles. The second-order valence-electron chi connectivity index (χ2n) is 9.21. The molecule has 0 amide bonds. The lowest BCUT2D eigenvalue weighted by Crippen LogP contribution is -2.45. The van der Waals surface area contributed by atoms with Gasteiger partial charge >= 0.3 is 0 Å². The molecule has 1 aromatic carbocycles. The number of benzene rings is 1. The van der Waals surface area contributed by atoms with Crippen molar-refractivity contribution in [2.45, 2.75) is 51.5 Å². The molecule has 5 heteroatoms. The van der Waals surface area contributed by atoms with Crippen LogP contribution in [0.2, 0.25) is 0 Å². The van der Waals surface area contributed by atoms with E-state index >= 15 is 0 Å². The number of allylic oxidation sites excluding steroid dienone is 1. The normalized spacial score (nSPS) is 16.8. The number of rotatable bonds is 5. The molecule has 0 radical (unpaired) electrons. The molecule has 1 aliphatic heterocycles. The Morgan fingerprint density at radius 1 is 1.24 bits per heavy atom. The van der Waals surface area contributed by atoms with Crippen LogP contribution in [0.25, 0.3) is 16.8 Å². The largest absolute Gasteiger partial charge is 0.496 e. The van der Waals surface area contributed by atoms with Crippen LogP contribution >= 0.6 is 11.3 Å². The van der Waals surface area contributed by atoms with Crippen molar-refractivity contribution >= 4 is 16.9 Å². The van der Waals surface area contributed by atoms with Gasteiger partial charge in [0.15, 0.2) is 0 Å². The molecular weight excluding hydrogens is 380 g/mol. The van der Waals surface area contributed by atoms with E-state index in [2.05, 4.69) is 63.9 Å². The highest BCUT2D eigenvalue weighted by Crippen LogP contribution is 2.43. The molecule has 0 bridgehead atoms. The number of ether oxygens (including phenoxy) is 2. The minimum Gasteiger partial charge on any atom is -0.496 e. The van der Waals surface area contributed by atoms with Gasteiger partial charge in [-0.25, -0.2) is 4.98 Å². The van der Waals surface area contributed by atoms with Gasteiger partial charge in [-0.15, -0.1) is 11.3 Å². The predicted molar refractivity (Wildman–Crippen MR) is 123 cm³/mol. The Kier molecular flexibility index (Phi) is 6.23. The van der Waals surface area contributed by atoms with Gasteiger partial charge in [0.2, 0.25) is 0 Å². The van der Waals surface area contributed by atoms with Gasteiger partial charge in [-0.05, 0) is 57.0 Å². The number of thiazole rings is 1. The van der Waals surface area contributed by atoms with E-state index in [9.17, 15) is 0 Å². The zero-order valence-electron chi connectivity index (χ0n) is 18.9. The van der Waals surface area contributed by atoms with Crippen molar-refractivity contribution in [2.24, 2.45) is 0 Å². The summed E-state index contributed by atoms with van der Waals surface area (Å²) in [5.41, 5.74) is 5.29. The summed E-state index contributed by atoms with van der Waals surface area (Å²) in [4.78, 5) is 7.44. The lowest BCUT2D eigenvalue weighted by Gasteiger charge is -2.41. The molecule has 0 unspecified atom stereocenters. The highest BCUT2D eigenvalue weighted by Gasteiger charge is 2.39. The van der Waals surface area contributed by atoms with E-state index in [0.29, 0.717) is 0 Å². The average Bonchev–Trinajstić information content (AvgIpc) is 3.17. The van der Waals surface area contributed by atoms with Crippen LogP contribution in [0.1, 0.15) is 56.7 Å². The highest BCUT2D eigenvalue weighted by atomic mass is 32.1. The van der Waals surface area contributed by atoms with Crippen LogP contribution in [0.3, 0.4) is 0 Å². The van der Waals surface area contributed by atoms with Crippen LogP contribution in [0, 0.1) is 0 Å². The summed E-state index contributed by atoms with van der Waals surface area (Å²) < 4.78 is 11.4. The summed E-state index contributed by atoms with van der Waals surface area (Å²) in [6.45, 7) is 14.4. The number of nitrogens with zero attached hydrogens (tertiary/aromatic N) is 2. The lowest BCUT2D eigenvalue weighted by molar-refractivity contribution is -0.0106. The molecule has 158 valence electrons. The standard InChI is InChI=1S/C24H34N2O2S/c1-16(2)18-13-17(14-19(21(18)27-8)23(3,4)5)20-15-29-22(25-20)24(26(6)7)9-11-28-12-10-24/h13-15H,1,9-12H2,2-8H3. The second-order valence-corrected chi connectivity index (χ2v) is 10.1. The van der Waals surface area contributed by atoms with Crippen LogP contribution in [0.5, 0.6) is 5.75 Å². The van der Waals surface area contributed by atoms with Crippen molar-refractivity contribution in [1.82, 2.24) is 9.88 Å². The SMILES string of the molecule is C=C(C)c1cc(-c2csc(C3(N(C)C)CCOCC3)n2)cc(C(C)(C)C)c1OC. The first-order valence-corrected chi connectivity index (χ1v) is 11.1. The lowest BCUT2D eigenvalue weighted by atomic mass is 9.83. The monoisotopic (exact) mass is 414 g/mol. The Hall–Kier alpha value is -1.69. The number of hydrogen-bond acceptors (Lipinski definition) is 5. The van der Waals surface area contributed by atoms with E-state index in [4.69, 9.17) is 14.5 Å². The average molecular weight is 415 g/mol. The summed E-state index contributed by atoms with van der Waals surface area (Å²) in [5, 5.41) is 3.36. The first-order valence-electron chi connectivity index (χ1n) is 10.2. The fourth-order valence-electron chi connectivity index (χ4n) is 4.05. The van der Waals surface area contributed by atoms with E-state index in [1.54, 1.807) is 18.4 Å². The van der Waals surface area contributed by atoms with E-state index in [1.807, 2.05) is 6.92 Å². The van der Waals surface area contributed by atoms with Gasteiger partial charge in [-0.1, -0.05) is 27.4 Å². The second kappa shape index (κ2) is 8.21. The van der Waals surface area contributed by atoms with Crippen LogP contribution in [-0.4, -0.2) is 44.3 Å². The van der Waals surface area contributed by atoms with Crippen LogP contribution in [-0.2, 0) is 15.7 Å². The molecule has 0 atom stereocenters. The van der Waals surface area contributed by atoms with Crippen molar-refractivity contribution in [3.8, 4) is 17.0 Å². The summed E-state index contributed by atoms with van der Waals surface area (Å²) >= 11 is 1.75. The summed E-state index contributed by atoms with van der Waals surface area (Å²) in [5.74, 6) is 0.915. The topological polar surface area (TPSA) is 34.6 Å². The van der Waals surface area contributed by atoms with Crippen molar-refractivity contribution in [3.63, 3.8) is 0 Å². The van der Waals surface area contributed by atoms with Crippen LogP contribution in [0.4, 0.5) is 0 Å². The Bertz CT molecular complexity index is 887. The first kappa shape index (κ1) is 22.0. The molecule has 0 saturated carbocycles. The van der Waals surface area contributed by atoms with Crippen molar-refractivity contribution < 1.29 is 9.47 Å². The number of aromatic nitrogens is 1. The Morgan fingerprint density at radius 3 is 2.41 bits per heavy atom. The maximum Gasteiger partial charge on any atom is 0.130 e. The third-order valence-corrected chi connectivity index (χ3v) is 6.97. The van der Waals surface area contributed by atoms with Crippen molar-refractivity contribution in [1.29, 1.82) is 0 Å². The third kappa shape index (κ3) is 4.14. The number of methoxy groups -OCH3 is 1. The van der Waals surface area contributed by atoms with Gasteiger partial charge in [-0.2, -0.15) is 0 Å². The molecule has 1 saturated heterocycles. The highest BCUT2D eigenvalue weighted by molar-refractivity contribution is 7.10. The molecule has 0 spiro atoms. The smallest absolute Gasteiger partial charge is 0.130 e. The molecule has 1 aromatic heterocycles. The van der Waals surface area contributed by atoms with E-state index in [1.165, 1.54) is 10.6 Å². The van der Waals surface area contributed by atoms with Gasteiger partial charge in [0.05, 0.1) is 18.3 Å². The molecule has 4 nitrogen and oxygen atoms in total. The zero-order chi connectivity index (χ0) is 21.4. The fraction of sp³-hybridized carbons (Fsp3) is 0.542. The van der Waals surface area contributed by atoms with Crippen molar-refractivity contribution in [2.75, 3.05) is 34.4 Å². The van der Waals surface area contributed by atoms with Gasteiger partial charge in [0.25, 0.3) is 0 Å². The number of hydrogen-bond donors (Lipinski definition) is 0. The predicted octanol–water partition coefficient (Wildman–Crippen LogP) is 5.72. The maximum atomic E-state index is 5.80. The molecule has 0 N–H and O–H groups in total. The van der Waals surface area contributed by atoms with Crippen LogP contribution < -0.4 is 4.74 Å². The molecule has 1 fully saturated rings. The van der Waals surface area contributed by atoms with Crippen molar-refractivity contribution in [3.05, 3.63) is 40.2 Å². The summed E-state index contributed by atoms with van der Waals surface area (Å²) in [6.07, 6.45) is 1.94. The van der Waals surface area contributed by atoms with E-state index in [0.717, 1.165) is 54.2 Å². The van der Waals surface area contributed by atoms with E-state index in [-0.39, 0.29) is 11.0 Å². The molecule has 3 rings (SSSR count). The maximum absolute atomic E-state index is 5.80. The van der Waals surface area contributed by atoms with Gasteiger partial charge in [0, 0.05) is 35.3 Å². The van der Waals surface area contributed by atoms with Gasteiger partial charge < -0.3 is 9.47 Å². The molecule has 0 aliphatic carbocycles. The molecule has 2 aromatic rings. The summed E-state index contributed by atoms with van der Waals surface area (Å²) in [7, 11) is 6.04. The quantitative estimate of drug-likeness (QED) is 0.627. The molecule has 1 aliphatic rings. The first-order chi connectivity index (χ1) is 13.6. The molecule has 29 heavy (non-hydrogen) atoms. The zero-order valence-corrected chi connectivity index (χ0v) is 19.7. The Morgan fingerprint density at radius 2 is 1.90 bits per heavy atom. The minimum absolute atomic E-state index is 0.0440. The van der Waals surface area contributed by atoms with Gasteiger partial charge in [-0.3, -0.25) is 4.90 Å². The molecular formula is C24H34N2O2S. The van der Waals surface area contributed by atoms with E-state index < -0.39 is 0 Å². The Labute approximate surface area is 179 Å². The third-order valence-electron chi connectivity index (χ3n) is 5.93. The van der Waals surface area contributed by atoms with Crippen LogP contribution in [0.15, 0.2) is 24.1 Å². The Balaban J connectivity index is 2.13. The fourth-order valence-corrected chi connectivity index (χ4v) is 5.22.